The van der Waals surface area contributed by atoms with Crippen molar-refractivity contribution in [1.29, 1.82) is 0 Å². The lowest BCUT2D eigenvalue weighted by Gasteiger charge is -2.03. The lowest BCUT2D eigenvalue weighted by Crippen LogP contribution is -2.00. The van der Waals surface area contributed by atoms with Crippen LogP contribution in [0.25, 0.3) is 0 Å². The number of aliphatic hydroxyl groups is 2. The number of rotatable bonds is 12. The molecule has 24 heavy (non-hydrogen) atoms. The number of allylic oxidation sites excluding steroid dienone is 5. The van der Waals surface area contributed by atoms with Crippen LogP contribution >= 0.6 is 0 Å². The lowest BCUT2D eigenvalue weighted by molar-refractivity contribution is -0.132. The molecule has 0 amide bonds. The van der Waals surface area contributed by atoms with Crippen molar-refractivity contribution in [3.8, 4) is 0 Å². The maximum atomic E-state index is 11.2. The monoisotopic (exact) mass is 336 g/mol. The summed E-state index contributed by atoms with van der Waals surface area (Å²) >= 11 is 0. The van der Waals surface area contributed by atoms with Crippen molar-refractivity contribution in [2.45, 2.75) is 59.3 Å². The molecule has 0 aromatic heterocycles. The summed E-state index contributed by atoms with van der Waals surface area (Å²) < 4.78 is 0. The second-order valence-corrected chi connectivity index (χ2v) is 6.14. The minimum absolute atomic E-state index is 0.0169. The first-order valence-corrected chi connectivity index (χ1v) is 8.51. The molecule has 0 aliphatic carbocycles. The summed E-state index contributed by atoms with van der Waals surface area (Å²) in [7, 11) is 0. The van der Waals surface area contributed by atoms with Gasteiger partial charge in [-0.25, -0.2) is 4.79 Å². The zero-order valence-electron chi connectivity index (χ0n) is 15.2. The van der Waals surface area contributed by atoms with Crippen LogP contribution in [-0.2, 0) is 4.79 Å². The molecule has 0 saturated heterocycles. The fourth-order valence-corrected chi connectivity index (χ4v) is 2.22. The third-order valence-electron chi connectivity index (χ3n) is 3.83. The molecule has 0 rings (SSSR count). The van der Waals surface area contributed by atoms with Gasteiger partial charge in [0.15, 0.2) is 0 Å². The molecule has 0 spiro atoms. The number of carbonyl (C=O) groups is 1. The van der Waals surface area contributed by atoms with Gasteiger partial charge in [0.2, 0.25) is 0 Å². The average Bonchev–Trinajstić information content (AvgIpc) is 2.53. The fraction of sp³-hybridized carbons (Fsp3) is 0.550. The van der Waals surface area contributed by atoms with Gasteiger partial charge in [0.1, 0.15) is 0 Å². The highest BCUT2D eigenvalue weighted by Crippen LogP contribution is 2.14. The van der Waals surface area contributed by atoms with Gasteiger partial charge in [0, 0.05) is 5.57 Å². The summed E-state index contributed by atoms with van der Waals surface area (Å²) in [4.78, 5) is 11.2. The van der Waals surface area contributed by atoms with Crippen molar-refractivity contribution in [1.82, 2.24) is 0 Å². The molecule has 0 radical (unpaired) electrons. The van der Waals surface area contributed by atoms with Crippen LogP contribution in [0.15, 0.2) is 46.6 Å². The summed E-state index contributed by atoms with van der Waals surface area (Å²) in [6, 6.07) is 0. The SMILES string of the molecule is CC(=CCCC(=CCCC(C)=CCCC(C)=CCO)C(=O)O)CO. The Morgan fingerprint density at radius 1 is 0.750 bits per heavy atom. The molecule has 0 bridgehead atoms. The molecule has 0 atom stereocenters. The molecular formula is C20H32O4. The number of carboxylic acid groups (broad SMARTS) is 1. The highest BCUT2D eigenvalue weighted by atomic mass is 16.4. The van der Waals surface area contributed by atoms with Gasteiger partial charge in [-0.05, 0) is 59.3 Å². The van der Waals surface area contributed by atoms with Gasteiger partial charge in [0.25, 0.3) is 0 Å². The Hall–Kier alpha value is -1.65. The van der Waals surface area contributed by atoms with Crippen LogP contribution in [0.1, 0.15) is 59.3 Å². The number of hydrogen-bond donors (Lipinski definition) is 3. The molecule has 0 saturated carbocycles. The molecule has 0 aromatic rings. The minimum atomic E-state index is -0.864. The van der Waals surface area contributed by atoms with Crippen LogP contribution in [-0.4, -0.2) is 34.5 Å². The third kappa shape index (κ3) is 11.9. The van der Waals surface area contributed by atoms with Crippen LogP contribution in [0, 0.1) is 0 Å². The van der Waals surface area contributed by atoms with Gasteiger partial charge in [-0.1, -0.05) is 41.0 Å². The van der Waals surface area contributed by atoms with E-state index in [1.165, 1.54) is 11.1 Å². The molecule has 136 valence electrons. The van der Waals surface area contributed by atoms with Crippen molar-refractivity contribution in [2.24, 2.45) is 0 Å². The normalized spacial score (nSPS) is 14.2. The van der Waals surface area contributed by atoms with Crippen LogP contribution in [0.2, 0.25) is 0 Å². The molecule has 0 aromatic carbocycles. The first kappa shape index (κ1) is 22.4. The smallest absolute Gasteiger partial charge is 0.331 e. The zero-order valence-corrected chi connectivity index (χ0v) is 15.2. The molecule has 0 fully saturated rings. The number of aliphatic carboxylic acids is 1. The highest BCUT2D eigenvalue weighted by molar-refractivity contribution is 5.86. The summed E-state index contributed by atoms with van der Waals surface area (Å²) in [5.74, 6) is -0.864. The maximum absolute atomic E-state index is 11.2. The highest BCUT2D eigenvalue weighted by Gasteiger charge is 2.05. The molecule has 0 aliphatic rings. The summed E-state index contributed by atoms with van der Waals surface area (Å²) in [5.41, 5.74) is 3.74. The van der Waals surface area contributed by atoms with E-state index in [0.717, 1.165) is 31.3 Å². The van der Waals surface area contributed by atoms with Gasteiger partial charge < -0.3 is 15.3 Å². The Labute approximate surface area is 145 Å². The van der Waals surface area contributed by atoms with Crippen LogP contribution < -0.4 is 0 Å². The Kier molecular flexibility index (Phi) is 12.8. The summed E-state index contributed by atoms with van der Waals surface area (Å²) in [5, 5.41) is 27.0. The molecule has 3 N–H and O–H groups in total. The second kappa shape index (κ2) is 13.8. The van der Waals surface area contributed by atoms with E-state index in [2.05, 4.69) is 13.0 Å². The van der Waals surface area contributed by atoms with E-state index in [0.29, 0.717) is 18.4 Å². The predicted molar refractivity (Wildman–Crippen MR) is 98.9 cm³/mol. The Balaban J connectivity index is 4.34. The zero-order chi connectivity index (χ0) is 18.4. The van der Waals surface area contributed by atoms with Gasteiger partial charge in [-0.15, -0.1) is 0 Å². The van der Waals surface area contributed by atoms with E-state index in [9.17, 15) is 9.90 Å². The van der Waals surface area contributed by atoms with E-state index in [4.69, 9.17) is 10.2 Å². The molecule has 0 unspecified atom stereocenters. The third-order valence-corrected chi connectivity index (χ3v) is 3.83. The van der Waals surface area contributed by atoms with Gasteiger partial charge >= 0.3 is 5.97 Å². The maximum Gasteiger partial charge on any atom is 0.331 e. The molecule has 4 nitrogen and oxygen atoms in total. The molecule has 0 aliphatic heterocycles. The first-order chi connectivity index (χ1) is 11.4. The molecule has 0 heterocycles. The number of hydrogen-bond acceptors (Lipinski definition) is 3. The number of carboxylic acids is 1. The minimum Gasteiger partial charge on any atom is -0.478 e. The first-order valence-electron chi connectivity index (χ1n) is 8.51. The summed E-state index contributed by atoms with van der Waals surface area (Å²) in [6.07, 6.45) is 12.2. The average molecular weight is 336 g/mol. The van der Waals surface area contributed by atoms with Crippen molar-refractivity contribution in [3.63, 3.8) is 0 Å². The molecule has 4 heteroatoms. The van der Waals surface area contributed by atoms with Crippen LogP contribution in [0.5, 0.6) is 0 Å². The second-order valence-electron chi connectivity index (χ2n) is 6.14. The quantitative estimate of drug-likeness (QED) is 0.369. The van der Waals surface area contributed by atoms with E-state index < -0.39 is 5.97 Å². The molecular weight excluding hydrogens is 304 g/mol. The largest absolute Gasteiger partial charge is 0.478 e. The van der Waals surface area contributed by atoms with Crippen molar-refractivity contribution in [3.05, 3.63) is 46.6 Å². The summed E-state index contributed by atoms with van der Waals surface area (Å²) in [6.45, 7) is 6.00. The standard InChI is InChI=1S/C20H32O4/c1-16(7-4-8-17(2)13-14-21)9-5-11-19(20(23)24)12-6-10-18(3)15-22/h7,10-11,13,21-22H,4-6,8-9,12,14-15H2,1-3H3,(H,23,24). The van der Waals surface area contributed by atoms with Crippen molar-refractivity contribution >= 4 is 5.97 Å². The van der Waals surface area contributed by atoms with E-state index >= 15 is 0 Å². The van der Waals surface area contributed by atoms with E-state index in [1.807, 2.05) is 26.0 Å². The lowest BCUT2D eigenvalue weighted by atomic mass is 10.0. The predicted octanol–water partition coefficient (Wildman–Crippen LogP) is 4.16. The van der Waals surface area contributed by atoms with Gasteiger partial charge in [-0.2, -0.15) is 0 Å². The van der Waals surface area contributed by atoms with Crippen LogP contribution in [0.4, 0.5) is 0 Å². The van der Waals surface area contributed by atoms with Crippen molar-refractivity contribution < 1.29 is 20.1 Å². The van der Waals surface area contributed by atoms with Gasteiger partial charge in [0.05, 0.1) is 13.2 Å². The van der Waals surface area contributed by atoms with Gasteiger partial charge in [-0.3, -0.25) is 0 Å². The number of aliphatic hydroxyl groups excluding tert-OH is 2. The van der Waals surface area contributed by atoms with E-state index in [-0.39, 0.29) is 13.2 Å². The topological polar surface area (TPSA) is 77.8 Å². The van der Waals surface area contributed by atoms with Crippen LogP contribution in [0.3, 0.4) is 0 Å². The van der Waals surface area contributed by atoms with E-state index in [1.54, 1.807) is 6.08 Å². The Morgan fingerprint density at radius 3 is 1.79 bits per heavy atom. The van der Waals surface area contributed by atoms with Crippen molar-refractivity contribution in [2.75, 3.05) is 13.2 Å². The Morgan fingerprint density at radius 2 is 1.25 bits per heavy atom. The Bertz CT molecular complexity index is 496. The fourth-order valence-electron chi connectivity index (χ4n) is 2.22.